The van der Waals surface area contributed by atoms with Gasteiger partial charge < -0.3 is 21.3 Å². The second-order valence-corrected chi connectivity index (χ2v) is 7.80. The monoisotopic (exact) mass is 447 g/mol. The molecule has 1 atom stereocenters. The summed E-state index contributed by atoms with van der Waals surface area (Å²) in [4.78, 5) is 25.0. The molecule has 0 saturated carbocycles. The van der Waals surface area contributed by atoms with Crippen molar-refractivity contribution >= 4 is 17.7 Å². The zero-order chi connectivity index (χ0) is 23.4. The van der Waals surface area contributed by atoms with Crippen molar-refractivity contribution in [1.82, 2.24) is 14.7 Å². The van der Waals surface area contributed by atoms with Crippen molar-refractivity contribution < 1.29 is 19.4 Å². The van der Waals surface area contributed by atoms with Crippen molar-refractivity contribution in [3.8, 4) is 22.8 Å². The Kier molecular flexibility index (Phi) is 6.41. The fourth-order valence-corrected chi connectivity index (χ4v) is 3.96. The van der Waals surface area contributed by atoms with Gasteiger partial charge in [-0.3, -0.25) is 9.69 Å². The van der Waals surface area contributed by atoms with Gasteiger partial charge in [0.1, 0.15) is 28.6 Å². The molecule has 0 bridgehead atoms. The van der Waals surface area contributed by atoms with Crippen LogP contribution in [0.3, 0.4) is 0 Å². The highest BCUT2D eigenvalue weighted by Gasteiger charge is 2.29. The van der Waals surface area contributed by atoms with Gasteiger partial charge in [-0.15, -0.1) is 0 Å². The van der Waals surface area contributed by atoms with E-state index in [-0.39, 0.29) is 17.4 Å². The highest BCUT2D eigenvalue weighted by atomic mass is 16.5. The molecular formula is C24H25N5O4. The summed E-state index contributed by atoms with van der Waals surface area (Å²) >= 11 is 0. The summed E-state index contributed by atoms with van der Waals surface area (Å²) in [7, 11) is 0. The number of amides is 1. The number of carboxylic acid groups (broad SMARTS) is 1. The molecule has 1 amide bonds. The standard InChI is InChI=1S/C24H25N5O4/c25-23-21(24(26)32)22(16-8-10-19(11-9-16)33-18-5-2-1-3-6-18)27-29(23)17-12-14-28(15-17)13-4-7-20(30)31/h1-11,17H,12-15,25H2,(H2,26,32)(H,30,31)/t17-/m1/s1. The Balaban J connectivity index is 1.55. The van der Waals surface area contributed by atoms with Crippen LogP contribution in [0.2, 0.25) is 0 Å². The summed E-state index contributed by atoms with van der Waals surface area (Å²) in [5.41, 5.74) is 13.3. The van der Waals surface area contributed by atoms with E-state index in [9.17, 15) is 9.59 Å². The lowest BCUT2D eigenvalue weighted by molar-refractivity contribution is -0.131. The third-order valence-corrected chi connectivity index (χ3v) is 5.52. The Morgan fingerprint density at radius 2 is 1.82 bits per heavy atom. The predicted octanol–water partition coefficient (Wildman–Crippen LogP) is 2.91. The number of ether oxygens (including phenoxy) is 1. The van der Waals surface area contributed by atoms with E-state index < -0.39 is 11.9 Å². The van der Waals surface area contributed by atoms with Crippen LogP contribution in [0.5, 0.6) is 11.5 Å². The quantitative estimate of drug-likeness (QED) is 0.452. The van der Waals surface area contributed by atoms with Gasteiger partial charge in [0, 0.05) is 31.3 Å². The van der Waals surface area contributed by atoms with Gasteiger partial charge in [0.15, 0.2) is 0 Å². The number of aliphatic carboxylic acids is 1. The first-order chi connectivity index (χ1) is 15.9. The van der Waals surface area contributed by atoms with E-state index in [1.165, 1.54) is 0 Å². The number of nitrogen functional groups attached to an aromatic ring is 1. The Hall–Kier alpha value is -4.11. The number of primary amides is 1. The van der Waals surface area contributed by atoms with Crippen molar-refractivity contribution in [1.29, 1.82) is 0 Å². The Morgan fingerprint density at radius 3 is 2.48 bits per heavy atom. The van der Waals surface area contributed by atoms with Crippen LogP contribution in [0.15, 0.2) is 66.7 Å². The van der Waals surface area contributed by atoms with Crippen LogP contribution in [0.4, 0.5) is 5.82 Å². The van der Waals surface area contributed by atoms with Crippen LogP contribution < -0.4 is 16.2 Å². The van der Waals surface area contributed by atoms with Crippen molar-refractivity contribution in [2.24, 2.45) is 5.73 Å². The summed E-state index contributed by atoms with van der Waals surface area (Å²) in [5.74, 6) is -0.00921. The minimum Gasteiger partial charge on any atom is -0.478 e. The molecule has 0 radical (unpaired) electrons. The molecule has 9 heteroatoms. The molecule has 0 spiro atoms. The lowest BCUT2D eigenvalue weighted by Gasteiger charge is -2.15. The van der Waals surface area contributed by atoms with Gasteiger partial charge >= 0.3 is 5.97 Å². The zero-order valence-corrected chi connectivity index (χ0v) is 17.9. The van der Waals surface area contributed by atoms with E-state index in [0.717, 1.165) is 24.8 Å². The fourth-order valence-electron chi connectivity index (χ4n) is 3.96. The maximum absolute atomic E-state index is 12.2. The van der Waals surface area contributed by atoms with Gasteiger partial charge in [-0.2, -0.15) is 5.10 Å². The average molecular weight is 447 g/mol. The third kappa shape index (κ3) is 5.04. The molecule has 1 aliphatic heterocycles. The zero-order valence-electron chi connectivity index (χ0n) is 17.9. The summed E-state index contributed by atoms with van der Waals surface area (Å²) in [5, 5.41) is 13.4. The van der Waals surface area contributed by atoms with Gasteiger partial charge in [0.05, 0.1) is 6.04 Å². The first kappa shape index (κ1) is 22.1. The number of anilines is 1. The number of benzene rings is 2. The Morgan fingerprint density at radius 1 is 1.12 bits per heavy atom. The maximum atomic E-state index is 12.2. The van der Waals surface area contributed by atoms with Gasteiger partial charge in [-0.05, 0) is 42.8 Å². The minimum atomic E-state index is -0.974. The maximum Gasteiger partial charge on any atom is 0.328 e. The molecule has 1 fully saturated rings. The van der Waals surface area contributed by atoms with E-state index in [4.69, 9.17) is 21.3 Å². The van der Waals surface area contributed by atoms with Crippen molar-refractivity contribution in [3.05, 3.63) is 72.3 Å². The highest BCUT2D eigenvalue weighted by Crippen LogP contribution is 2.33. The number of likely N-dealkylation sites (tertiary alicyclic amines) is 1. The van der Waals surface area contributed by atoms with E-state index in [1.807, 2.05) is 42.5 Å². The van der Waals surface area contributed by atoms with Crippen LogP contribution in [0.25, 0.3) is 11.3 Å². The first-order valence-electron chi connectivity index (χ1n) is 10.6. The predicted molar refractivity (Wildman–Crippen MR) is 124 cm³/mol. The third-order valence-electron chi connectivity index (χ3n) is 5.52. The number of carbonyl (C=O) groups excluding carboxylic acids is 1. The fraction of sp³-hybridized carbons (Fsp3) is 0.208. The number of nitrogens with two attached hydrogens (primary N) is 2. The molecule has 5 N–H and O–H groups in total. The van der Waals surface area contributed by atoms with Gasteiger partial charge in [0.2, 0.25) is 0 Å². The molecule has 9 nitrogen and oxygen atoms in total. The first-order valence-corrected chi connectivity index (χ1v) is 10.6. The lowest BCUT2D eigenvalue weighted by Crippen LogP contribution is -2.23. The highest BCUT2D eigenvalue weighted by molar-refractivity contribution is 6.03. The number of carbonyl (C=O) groups is 2. The van der Waals surface area contributed by atoms with Crippen LogP contribution in [0.1, 0.15) is 22.8 Å². The summed E-state index contributed by atoms with van der Waals surface area (Å²) in [6, 6.07) is 16.6. The van der Waals surface area contributed by atoms with Crippen molar-refractivity contribution in [3.63, 3.8) is 0 Å². The Labute approximate surface area is 190 Å². The van der Waals surface area contributed by atoms with Gasteiger partial charge in [-0.25, -0.2) is 9.48 Å². The average Bonchev–Trinajstić information content (AvgIpc) is 3.39. The summed E-state index contributed by atoms with van der Waals surface area (Å²) < 4.78 is 7.48. The van der Waals surface area contributed by atoms with E-state index in [2.05, 4.69) is 10.00 Å². The molecule has 1 aliphatic rings. The summed E-state index contributed by atoms with van der Waals surface area (Å²) in [6.07, 6.45) is 3.51. The number of para-hydroxylation sites is 1. The topological polar surface area (TPSA) is 137 Å². The van der Waals surface area contributed by atoms with Gasteiger partial charge in [0.25, 0.3) is 5.91 Å². The molecule has 2 aromatic carbocycles. The van der Waals surface area contributed by atoms with Crippen LogP contribution in [-0.2, 0) is 4.79 Å². The SMILES string of the molecule is NC(=O)c1c(-c2ccc(Oc3ccccc3)cc2)nn([C@@H]2CCN(CC=CC(=O)O)C2)c1N. The van der Waals surface area contributed by atoms with E-state index >= 15 is 0 Å². The van der Waals surface area contributed by atoms with Crippen molar-refractivity contribution in [2.45, 2.75) is 12.5 Å². The number of carboxylic acids is 1. The molecular weight excluding hydrogens is 422 g/mol. The molecule has 1 aromatic heterocycles. The van der Waals surface area contributed by atoms with E-state index in [0.29, 0.717) is 30.1 Å². The second-order valence-electron chi connectivity index (χ2n) is 7.80. The molecule has 170 valence electrons. The number of hydrogen-bond acceptors (Lipinski definition) is 6. The molecule has 4 rings (SSSR count). The minimum absolute atomic E-state index is 0.0456. The van der Waals surface area contributed by atoms with Crippen molar-refractivity contribution in [2.75, 3.05) is 25.4 Å². The van der Waals surface area contributed by atoms with E-state index in [1.54, 1.807) is 22.9 Å². The molecule has 0 unspecified atom stereocenters. The van der Waals surface area contributed by atoms with Crippen LogP contribution in [-0.4, -0.2) is 51.3 Å². The molecule has 33 heavy (non-hydrogen) atoms. The second kappa shape index (κ2) is 9.58. The lowest BCUT2D eigenvalue weighted by atomic mass is 10.1. The number of aromatic nitrogens is 2. The normalized spacial score (nSPS) is 16.3. The smallest absolute Gasteiger partial charge is 0.328 e. The number of hydrogen-bond donors (Lipinski definition) is 3. The Bertz CT molecular complexity index is 1170. The van der Waals surface area contributed by atoms with Crippen LogP contribution in [0, 0.1) is 0 Å². The largest absolute Gasteiger partial charge is 0.478 e. The molecule has 2 heterocycles. The van der Waals surface area contributed by atoms with Gasteiger partial charge in [-0.1, -0.05) is 24.3 Å². The number of nitrogens with zero attached hydrogens (tertiary/aromatic N) is 3. The molecule has 0 aliphatic carbocycles. The number of rotatable bonds is 8. The van der Waals surface area contributed by atoms with Crippen LogP contribution >= 0.6 is 0 Å². The molecule has 1 saturated heterocycles. The molecule has 3 aromatic rings. The summed E-state index contributed by atoms with van der Waals surface area (Å²) in [6.45, 7) is 1.92.